The van der Waals surface area contributed by atoms with Crippen LogP contribution in [0.4, 0.5) is 5.69 Å². The number of aromatic nitrogens is 1. The third kappa shape index (κ3) is 2.85. The molecular weight excluding hydrogens is 346 g/mol. The Morgan fingerprint density at radius 3 is 2.79 bits per heavy atom. The Morgan fingerprint density at radius 1 is 1.29 bits per heavy atom. The standard InChI is InChI=1S/C16H17N5OS.ClH/c17-14-13-11(3-1-7-18-13)19-16(20-14)5-8-21(9-6-16)15(22)12-4-2-10-23-12;/h1-4,7,10,19H,5-6,8-9H2,(H2,17,20);1H. The van der Waals surface area contributed by atoms with Crippen molar-refractivity contribution in [1.82, 2.24) is 9.88 Å². The van der Waals surface area contributed by atoms with Crippen molar-refractivity contribution >= 4 is 41.2 Å². The lowest BCUT2D eigenvalue weighted by molar-refractivity contribution is 0.0690. The topological polar surface area (TPSA) is 83.6 Å². The zero-order chi connectivity index (χ0) is 15.9. The van der Waals surface area contributed by atoms with Gasteiger partial charge < -0.3 is 16.0 Å². The molecule has 0 radical (unpaired) electrons. The van der Waals surface area contributed by atoms with Gasteiger partial charge in [0.2, 0.25) is 0 Å². The molecule has 0 bridgehead atoms. The van der Waals surface area contributed by atoms with Crippen LogP contribution in [0.25, 0.3) is 0 Å². The van der Waals surface area contributed by atoms with Gasteiger partial charge in [0, 0.05) is 32.1 Å². The van der Waals surface area contributed by atoms with Crippen LogP contribution < -0.4 is 11.1 Å². The number of carbonyl (C=O) groups is 1. The van der Waals surface area contributed by atoms with E-state index in [0.717, 1.165) is 23.4 Å². The summed E-state index contributed by atoms with van der Waals surface area (Å²) in [5.74, 6) is 0.571. The quantitative estimate of drug-likeness (QED) is 0.814. The van der Waals surface area contributed by atoms with E-state index in [4.69, 9.17) is 5.73 Å². The number of hydrogen-bond acceptors (Lipinski definition) is 6. The first-order valence-corrected chi connectivity index (χ1v) is 8.47. The molecule has 0 unspecified atom stereocenters. The highest BCUT2D eigenvalue weighted by Crippen LogP contribution is 2.33. The lowest BCUT2D eigenvalue weighted by Crippen LogP contribution is -2.52. The van der Waals surface area contributed by atoms with Crippen molar-refractivity contribution in [2.75, 3.05) is 18.4 Å². The van der Waals surface area contributed by atoms with E-state index in [0.29, 0.717) is 24.6 Å². The fourth-order valence-corrected chi connectivity index (χ4v) is 3.84. The number of thiophene rings is 1. The van der Waals surface area contributed by atoms with E-state index in [2.05, 4.69) is 15.3 Å². The average Bonchev–Trinajstić information content (AvgIpc) is 3.09. The van der Waals surface area contributed by atoms with Gasteiger partial charge in [-0.15, -0.1) is 23.7 Å². The van der Waals surface area contributed by atoms with E-state index >= 15 is 0 Å². The van der Waals surface area contributed by atoms with Crippen LogP contribution in [0.3, 0.4) is 0 Å². The highest BCUT2D eigenvalue weighted by molar-refractivity contribution is 7.12. The highest BCUT2D eigenvalue weighted by atomic mass is 35.5. The van der Waals surface area contributed by atoms with Crippen molar-refractivity contribution in [3.05, 3.63) is 46.4 Å². The fourth-order valence-electron chi connectivity index (χ4n) is 3.15. The summed E-state index contributed by atoms with van der Waals surface area (Å²) in [6, 6.07) is 7.62. The Kier molecular flexibility index (Phi) is 4.47. The number of aliphatic imine (C=N–C) groups is 1. The molecule has 1 fully saturated rings. The number of amides is 1. The number of nitrogens with zero attached hydrogens (tertiary/aromatic N) is 3. The van der Waals surface area contributed by atoms with Crippen molar-refractivity contribution in [2.45, 2.75) is 18.5 Å². The predicted molar refractivity (Wildman–Crippen MR) is 98.0 cm³/mol. The molecule has 0 atom stereocenters. The van der Waals surface area contributed by atoms with Crippen molar-refractivity contribution in [1.29, 1.82) is 0 Å². The lowest BCUT2D eigenvalue weighted by Gasteiger charge is -2.42. The van der Waals surface area contributed by atoms with Gasteiger partial charge in [0.15, 0.2) is 0 Å². The largest absolute Gasteiger partial charge is 0.382 e. The summed E-state index contributed by atoms with van der Waals surface area (Å²) in [7, 11) is 0. The number of rotatable bonds is 1. The van der Waals surface area contributed by atoms with Gasteiger partial charge in [-0.1, -0.05) is 6.07 Å². The minimum atomic E-state index is -0.424. The number of pyridine rings is 1. The highest BCUT2D eigenvalue weighted by Gasteiger charge is 2.39. The number of nitrogens with two attached hydrogens (primary N) is 1. The summed E-state index contributed by atoms with van der Waals surface area (Å²) in [4.78, 5) is 24.0. The summed E-state index contributed by atoms with van der Waals surface area (Å²) < 4.78 is 0. The maximum Gasteiger partial charge on any atom is 0.263 e. The minimum Gasteiger partial charge on any atom is -0.382 e. The molecule has 2 aromatic heterocycles. The Bertz CT molecular complexity index is 769. The monoisotopic (exact) mass is 363 g/mol. The van der Waals surface area contributed by atoms with Crippen LogP contribution in [-0.4, -0.2) is 40.4 Å². The third-order valence-electron chi connectivity index (χ3n) is 4.36. The van der Waals surface area contributed by atoms with E-state index in [1.165, 1.54) is 11.3 Å². The number of piperidine rings is 1. The molecule has 2 aromatic rings. The van der Waals surface area contributed by atoms with Gasteiger partial charge in [0.05, 0.1) is 10.6 Å². The molecule has 0 saturated carbocycles. The van der Waals surface area contributed by atoms with Crippen LogP contribution in [0.2, 0.25) is 0 Å². The molecule has 4 rings (SSSR count). The second kappa shape index (κ2) is 6.41. The number of anilines is 1. The van der Waals surface area contributed by atoms with Crippen molar-refractivity contribution in [3.63, 3.8) is 0 Å². The number of likely N-dealkylation sites (tertiary alicyclic amines) is 1. The molecule has 2 aliphatic rings. The van der Waals surface area contributed by atoms with E-state index in [-0.39, 0.29) is 18.3 Å². The number of fused-ring (bicyclic) bond motifs is 1. The molecule has 24 heavy (non-hydrogen) atoms. The van der Waals surface area contributed by atoms with Gasteiger partial charge in [0.25, 0.3) is 5.91 Å². The molecule has 3 N–H and O–H groups in total. The van der Waals surface area contributed by atoms with Crippen molar-refractivity contribution < 1.29 is 4.79 Å². The van der Waals surface area contributed by atoms with Gasteiger partial charge in [-0.2, -0.15) is 0 Å². The molecule has 1 spiro atoms. The molecule has 4 heterocycles. The Labute approximate surface area is 150 Å². The van der Waals surface area contributed by atoms with Crippen LogP contribution in [-0.2, 0) is 0 Å². The maximum atomic E-state index is 12.4. The molecule has 1 amide bonds. The van der Waals surface area contributed by atoms with Crippen LogP contribution in [0.15, 0.2) is 40.8 Å². The summed E-state index contributed by atoms with van der Waals surface area (Å²) in [5.41, 5.74) is 7.29. The second-order valence-corrected chi connectivity index (χ2v) is 6.77. The van der Waals surface area contributed by atoms with Gasteiger partial charge in [-0.05, 0) is 23.6 Å². The summed E-state index contributed by atoms with van der Waals surface area (Å²) in [6.45, 7) is 1.33. The molecule has 0 aliphatic carbocycles. The van der Waals surface area contributed by atoms with E-state index in [1.54, 1.807) is 6.20 Å². The first-order chi connectivity index (χ1) is 11.2. The number of hydrogen-bond donors (Lipinski definition) is 2. The van der Waals surface area contributed by atoms with Gasteiger partial charge >= 0.3 is 0 Å². The molecule has 6 nitrogen and oxygen atoms in total. The zero-order valence-corrected chi connectivity index (χ0v) is 14.6. The minimum absolute atomic E-state index is 0. The SMILES string of the molecule is Cl.NC1=NC2(CCN(C(=O)c3cccs3)CC2)Nc2cccnc21. The van der Waals surface area contributed by atoms with Crippen LogP contribution in [0, 0.1) is 0 Å². The first-order valence-electron chi connectivity index (χ1n) is 7.59. The summed E-state index contributed by atoms with van der Waals surface area (Å²) in [5, 5.41) is 5.40. The summed E-state index contributed by atoms with van der Waals surface area (Å²) >= 11 is 1.48. The number of halogens is 1. The zero-order valence-electron chi connectivity index (χ0n) is 12.9. The first kappa shape index (κ1) is 16.7. The van der Waals surface area contributed by atoms with E-state index < -0.39 is 5.66 Å². The fraction of sp³-hybridized carbons (Fsp3) is 0.312. The van der Waals surface area contributed by atoms with Gasteiger partial charge in [0.1, 0.15) is 17.2 Å². The smallest absolute Gasteiger partial charge is 0.263 e. The molecule has 1 saturated heterocycles. The van der Waals surface area contributed by atoms with Crippen LogP contribution >= 0.6 is 23.7 Å². The summed E-state index contributed by atoms with van der Waals surface area (Å²) in [6.07, 6.45) is 3.18. The Hall–Kier alpha value is -2.12. The average molecular weight is 364 g/mol. The van der Waals surface area contributed by atoms with Crippen LogP contribution in [0.5, 0.6) is 0 Å². The Balaban J connectivity index is 0.00000169. The molecular formula is C16H18ClN5OS. The molecule has 8 heteroatoms. The van der Waals surface area contributed by atoms with E-state index in [1.807, 2.05) is 34.5 Å². The van der Waals surface area contributed by atoms with Crippen LogP contribution in [0.1, 0.15) is 28.2 Å². The Morgan fingerprint density at radius 2 is 2.08 bits per heavy atom. The maximum absolute atomic E-state index is 12.4. The third-order valence-corrected chi connectivity index (χ3v) is 5.22. The molecule has 126 valence electrons. The molecule has 0 aromatic carbocycles. The lowest BCUT2D eigenvalue weighted by atomic mass is 9.94. The number of amidine groups is 1. The van der Waals surface area contributed by atoms with Crippen molar-refractivity contribution in [2.24, 2.45) is 10.7 Å². The predicted octanol–water partition coefficient (Wildman–Crippen LogP) is 2.33. The normalized spacial score (nSPS) is 18.2. The number of nitrogens with one attached hydrogen (secondary N) is 1. The van der Waals surface area contributed by atoms with Gasteiger partial charge in [-0.25, -0.2) is 4.99 Å². The molecule has 2 aliphatic heterocycles. The number of carbonyl (C=O) groups excluding carboxylic acids is 1. The second-order valence-electron chi connectivity index (χ2n) is 5.82. The van der Waals surface area contributed by atoms with Gasteiger partial charge in [-0.3, -0.25) is 9.78 Å². The van der Waals surface area contributed by atoms with E-state index in [9.17, 15) is 4.79 Å². The van der Waals surface area contributed by atoms with Crippen molar-refractivity contribution in [3.8, 4) is 0 Å².